The SMILES string of the molecule is O=C(O)CS(=O)(=O)CCSc1ccccc1. The van der Waals surface area contributed by atoms with Gasteiger partial charge in [0, 0.05) is 10.6 Å². The molecule has 1 aromatic carbocycles. The van der Waals surface area contributed by atoms with Crippen molar-refractivity contribution >= 4 is 27.6 Å². The maximum Gasteiger partial charge on any atom is 0.318 e. The fraction of sp³-hybridized carbons (Fsp3) is 0.300. The number of carbonyl (C=O) groups is 1. The highest BCUT2D eigenvalue weighted by atomic mass is 32.2. The van der Waals surface area contributed by atoms with E-state index in [4.69, 9.17) is 5.11 Å². The van der Waals surface area contributed by atoms with E-state index in [1.165, 1.54) is 11.8 Å². The minimum absolute atomic E-state index is 0.112. The van der Waals surface area contributed by atoms with Gasteiger partial charge in [-0.1, -0.05) is 18.2 Å². The van der Waals surface area contributed by atoms with Crippen molar-refractivity contribution in [2.75, 3.05) is 17.3 Å². The Bertz CT molecular complexity index is 439. The molecule has 88 valence electrons. The van der Waals surface area contributed by atoms with Gasteiger partial charge in [0.15, 0.2) is 9.84 Å². The fourth-order valence-corrected chi connectivity index (χ4v) is 3.52. The number of hydrogen-bond acceptors (Lipinski definition) is 4. The minimum atomic E-state index is -3.47. The quantitative estimate of drug-likeness (QED) is 0.780. The van der Waals surface area contributed by atoms with Crippen molar-refractivity contribution in [2.24, 2.45) is 0 Å². The Morgan fingerprint density at radius 2 is 1.88 bits per heavy atom. The molecule has 0 aliphatic rings. The van der Waals surface area contributed by atoms with E-state index in [1.807, 2.05) is 30.3 Å². The second-order valence-corrected chi connectivity index (χ2v) is 6.50. The fourth-order valence-electron chi connectivity index (χ4n) is 1.06. The summed E-state index contributed by atoms with van der Waals surface area (Å²) in [5.74, 6) is -1.83. The van der Waals surface area contributed by atoms with Gasteiger partial charge in [-0.3, -0.25) is 4.79 Å². The number of rotatable bonds is 6. The number of benzene rings is 1. The van der Waals surface area contributed by atoms with Crippen molar-refractivity contribution in [1.29, 1.82) is 0 Å². The number of carboxylic acid groups (broad SMARTS) is 1. The van der Waals surface area contributed by atoms with Crippen LogP contribution in [0.2, 0.25) is 0 Å². The lowest BCUT2D eigenvalue weighted by Gasteiger charge is -2.01. The van der Waals surface area contributed by atoms with Crippen LogP contribution in [-0.2, 0) is 14.6 Å². The van der Waals surface area contributed by atoms with Crippen molar-refractivity contribution in [3.8, 4) is 0 Å². The average molecular weight is 260 g/mol. The molecule has 0 bridgehead atoms. The normalized spacial score (nSPS) is 11.2. The molecule has 1 N–H and O–H groups in total. The number of hydrogen-bond donors (Lipinski definition) is 1. The first-order valence-corrected chi connectivity index (χ1v) is 7.40. The molecular formula is C10H12O4S2. The Kier molecular flexibility index (Phi) is 4.82. The van der Waals surface area contributed by atoms with Crippen molar-refractivity contribution in [3.05, 3.63) is 30.3 Å². The lowest BCUT2D eigenvalue weighted by atomic mass is 10.4. The van der Waals surface area contributed by atoms with Crippen molar-refractivity contribution in [2.45, 2.75) is 4.90 Å². The van der Waals surface area contributed by atoms with Gasteiger partial charge in [0.05, 0.1) is 5.75 Å². The predicted molar refractivity (Wildman–Crippen MR) is 63.5 cm³/mol. The van der Waals surface area contributed by atoms with Gasteiger partial charge in [-0.25, -0.2) is 8.42 Å². The summed E-state index contributed by atoms with van der Waals surface area (Å²) in [6.07, 6.45) is 0. The van der Waals surface area contributed by atoms with E-state index < -0.39 is 21.6 Å². The molecule has 0 aliphatic heterocycles. The lowest BCUT2D eigenvalue weighted by molar-refractivity contribution is -0.134. The standard InChI is InChI=1S/C10H12O4S2/c11-10(12)8-16(13,14)7-6-15-9-4-2-1-3-5-9/h1-5H,6-8H2,(H,11,12). The van der Waals surface area contributed by atoms with Crippen LogP contribution in [0.3, 0.4) is 0 Å². The van der Waals surface area contributed by atoms with Gasteiger partial charge in [0.1, 0.15) is 5.75 Å². The molecule has 1 aromatic rings. The number of aliphatic carboxylic acids is 1. The van der Waals surface area contributed by atoms with Crippen LogP contribution in [-0.4, -0.2) is 36.8 Å². The van der Waals surface area contributed by atoms with Gasteiger partial charge in [0.2, 0.25) is 0 Å². The summed E-state index contributed by atoms with van der Waals surface area (Å²) in [5, 5.41) is 8.38. The maximum absolute atomic E-state index is 11.2. The molecule has 0 heterocycles. The molecule has 6 heteroatoms. The van der Waals surface area contributed by atoms with Crippen LogP contribution in [0.5, 0.6) is 0 Å². The van der Waals surface area contributed by atoms with Gasteiger partial charge in [0.25, 0.3) is 0 Å². The molecule has 0 fully saturated rings. The Morgan fingerprint density at radius 3 is 2.44 bits per heavy atom. The van der Waals surface area contributed by atoms with Gasteiger partial charge >= 0.3 is 5.97 Å². The molecule has 0 saturated carbocycles. The summed E-state index contributed by atoms with van der Waals surface area (Å²) < 4.78 is 22.5. The topological polar surface area (TPSA) is 71.4 Å². The van der Waals surface area contributed by atoms with Crippen molar-refractivity contribution in [1.82, 2.24) is 0 Å². The molecule has 0 unspecified atom stereocenters. The van der Waals surface area contributed by atoms with Crippen LogP contribution in [0, 0.1) is 0 Å². The molecule has 1 rings (SSSR count). The van der Waals surface area contributed by atoms with Crippen molar-refractivity contribution in [3.63, 3.8) is 0 Å². The Hall–Kier alpha value is -1.01. The van der Waals surface area contributed by atoms with Crippen LogP contribution in [0.25, 0.3) is 0 Å². The first-order valence-electron chi connectivity index (χ1n) is 4.60. The minimum Gasteiger partial charge on any atom is -0.480 e. The van der Waals surface area contributed by atoms with E-state index in [1.54, 1.807) is 0 Å². The van der Waals surface area contributed by atoms with Gasteiger partial charge < -0.3 is 5.11 Å². The Balaban J connectivity index is 2.39. The van der Waals surface area contributed by atoms with Crippen LogP contribution < -0.4 is 0 Å². The number of carboxylic acids is 1. The summed E-state index contributed by atoms with van der Waals surface area (Å²) >= 11 is 1.40. The smallest absolute Gasteiger partial charge is 0.318 e. The molecule has 0 saturated heterocycles. The second kappa shape index (κ2) is 5.91. The predicted octanol–water partition coefficient (Wildman–Crippen LogP) is 1.28. The summed E-state index contributed by atoms with van der Waals surface area (Å²) in [6, 6.07) is 9.39. The molecule has 0 atom stereocenters. The molecule has 0 aliphatic carbocycles. The third-order valence-electron chi connectivity index (χ3n) is 1.75. The van der Waals surface area contributed by atoms with E-state index in [9.17, 15) is 13.2 Å². The van der Waals surface area contributed by atoms with E-state index in [0.717, 1.165) is 4.90 Å². The van der Waals surface area contributed by atoms with Gasteiger partial charge in [-0.05, 0) is 12.1 Å². The van der Waals surface area contributed by atoms with Gasteiger partial charge in [-0.2, -0.15) is 0 Å². The summed E-state index contributed by atoms with van der Waals surface area (Å²) in [4.78, 5) is 11.2. The molecular weight excluding hydrogens is 248 g/mol. The second-order valence-electron chi connectivity index (χ2n) is 3.15. The number of thioether (sulfide) groups is 1. The first kappa shape index (κ1) is 13.1. The Morgan fingerprint density at radius 1 is 1.25 bits per heavy atom. The average Bonchev–Trinajstić information content (AvgIpc) is 2.16. The molecule has 4 nitrogen and oxygen atoms in total. The van der Waals surface area contributed by atoms with Gasteiger partial charge in [-0.15, -0.1) is 11.8 Å². The summed E-state index contributed by atoms with van der Waals surface area (Å²) in [6.45, 7) is 0. The van der Waals surface area contributed by atoms with E-state index in [0.29, 0.717) is 5.75 Å². The highest BCUT2D eigenvalue weighted by Crippen LogP contribution is 2.17. The van der Waals surface area contributed by atoms with E-state index >= 15 is 0 Å². The highest BCUT2D eigenvalue weighted by molar-refractivity contribution is 8.00. The van der Waals surface area contributed by atoms with E-state index in [2.05, 4.69) is 0 Å². The molecule has 0 spiro atoms. The molecule has 0 amide bonds. The maximum atomic E-state index is 11.2. The monoisotopic (exact) mass is 260 g/mol. The van der Waals surface area contributed by atoms with E-state index in [-0.39, 0.29) is 5.75 Å². The summed E-state index contributed by atoms with van der Waals surface area (Å²) in [5.41, 5.74) is 0. The van der Waals surface area contributed by atoms with Crippen molar-refractivity contribution < 1.29 is 18.3 Å². The highest BCUT2D eigenvalue weighted by Gasteiger charge is 2.15. The lowest BCUT2D eigenvalue weighted by Crippen LogP contribution is -2.19. The van der Waals surface area contributed by atoms with Crippen LogP contribution in [0.4, 0.5) is 0 Å². The number of sulfone groups is 1. The third kappa shape index (κ3) is 5.18. The zero-order valence-electron chi connectivity index (χ0n) is 8.50. The molecule has 0 radical (unpaired) electrons. The zero-order valence-corrected chi connectivity index (χ0v) is 10.1. The third-order valence-corrected chi connectivity index (χ3v) is 4.53. The first-order chi connectivity index (χ1) is 7.49. The van der Waals surface area contributed by atoms with Crippen LogP contribution in [0.15, 0.2) is 35.2 Å². The van der Waals surface area contributed by atoms with Crippen LogP contribution in [0.1, 0.15) is 0 Å². The largest absolute Gasteiger partial charge is 0.480 e. The summed E-state index contributed by atoms with van der Waals surface area (Å²) in [7, 11) is -3.47. The molecule has 0 aromatic heterocycles. The van der Waals surface area contributed by atoms with Crippen LogP contribution >= 0.6 is 11.8 Å². The molecule has 16 heavy (non-hydrogen) atoms. The Labute approximate surface area is 98.6 Å². The zero-order chi connectivity index (χ0) is 12.0.